The number of hydrogen-bond donors (Lipinski definition) is 1. The number of nitrogens with two attached hydrogens (primary N) is 1. The van der Waals surface area contributed by atoms with Gasteiger partial charge < -0.3 is 5.73 Å². The number of carbonyl (C=O) groups excluding carboxylic acids is 1. The molecule has 0 aliphatic rings. The lowest BCUT2D eigenvalue weighted by Gasteiger charge is -1.89. The maximum atomic E-state index is 8.58. The molecule has 14 heavy (non-hydrogen) atoms. The van der Waals surface area contributed by atoms with Gasteiger partial charge in [0.05, 0.1) is 11.2 Å². The number of pyridine rings is 1. The second-order valence-electron chi connectivity index (χ2n) is 2.74. The molecule has 0 spiro atoms. The topological polar surface area (TPSA) is 73.8 Å². The fourth-order valence-electron chi connectivity index (χ4n) is 1.28. The average Bonchev–Trinajstić information content (AvgIpc) is 2.45. The van der Waals surface area contributed by atoms with Gasteiger partial charge >= 0.3 is 0 Å². The SMILES string of the molecule is Cc1nn(C)c2ccncc12.NC=O. The molecule has 0 bridgehead atoms. The first kappa shape index (κ1) is 10.2. The predicted octanol–water partition coefficient (Wildman–Crippen LogP) is 0.378. The van der Waals surface area contributed by atoms with Crippen LogP contribution in [0.3, 0.4) is 0 Å². The Labute approximate surface area is 81.5 Å². The Morgan fingerprint density at radius 1 is 1.57 bits per heavy atom. The molecule has 5 nitrogen and oxygen atoms in total. The van der Waals surface area contributed by atoms with E-state index in [1.165, 1.54) is 0 Å². The molecule has 0 fully saturated rings. The van der Waals surface area contributed by atoms with E-state index in [-0.39, 0.29) is 6.41 Å². The van der Waals surface area contributed by atoms with Gasteiger partial charge in [-0.05, 0) is 13.0 Å². The van der Waals surface area contributed by atoms with Crippen molar-refractivity contribution in [3.8, 4) is 0 Å². The summed E-state index contributed by atoms with van der Waals surface area (Å²) in [6.07, 6.45) is 3.88. The highest BCUT2D eigenvalue weighted by Gasteiger charge is 2.01. The highest BCUT2D eigenvalue weighted by atomic mass is 16.1. The van der Waals surface area contributed by atoms with Crippen molar-refractivity contribution in [3.05, 3.63) is 24.2 Å². The minimum absolute atomic E-state index is 0.250. The van der Waals surface area contributed by atoms with Crippen molar-refractivity contribution in [2.45, 2.75) is 6.92 Å². The fraction of sp³-hybridized carbons (Fsp3) is 0.222. The number of nitrogens with zero attached hydrogens (tertiary/aromatic N) is 3. The van der Waals surface area contributed by atoms with Gasteiger partial charge in [-0.15, -0.1) is 0 Å². The third-order valence-electron chi connectivity index (χ3n) is 1.84. The lowest BCUT2D eigenvalue weighted by molar-refractivity contribution is -0.106. The fourth-order valence-corrected chi connectivity index (χ4v) is 1.28. The van der Waals surface area contributed by atoms with Crippen molar-refractivity contribution in [1.29, 1.82) is 0 Å². The zero-order valence-corrected chi connectivity index (χ0v) is 8.14. The molecule has 2 aromatic heterocycles. The van der Waals surface area contributed by atoms with E-state index in [0.29, 0.717) is 0 Å². The van der Waals surface area contributed by atoms with Crippen LogP contribution in [0.4, 0.5) is 0 Å². The van der Waals surface area contributed by atoms with Gasteiger partial charge in [0.25, 0.3) is 0 Å². The summed E-state index contributed by atoms with van der Waals surface area (Å²) in [5.74, 6) is 0. The highest BCUT2D eigenvalue weighted by molar-refractivity contribution is 5.80. The molecule has 0 radical (unpaired) electrons. The summed E-state index contributed by atoms with van der Waals surface area (Å²) in [6, 6.07) is 1.97. The van der Waals surface area contributed by atoms with E-state index in [0.717, 1.165) is 16.6 Å². The molecule has 0 aliphatic carbocycles. The molecule has 1 amide bonds. The van der Waals surface area contributed by atoms with E-state index in [1.807, 2.05) is 30.9 Å². The molecule has 0 saturated carbocycles. The van der Waals surface area contributed by atoms with Gasteiger partial charge in [-0.25, -0.2) is 0 Å². The maximum absolute atomic E-state index is 8.58. The first-order valence-corrected chi connectivity index (χ1v) is 4.09. The van der Waals surface area contributed by atoms with Crippen LogP contribution < -0.4 is 5.73 Å². The Morgan fingerprint density at radius 2 is 2.21 bits per heavy atom. The lowest BCUT2D eigenvalue weighted by atomic mass is 10.3. The lowest BCUT2D eigenvalue weighted by Crippen LogP contribution is -1.88. The monoisotopic (exact) mass is 192 g/mol. The van der Waals surface area contributed by atoms with E-state index in [4.69, 9.17) is 4.79 Å². The summed E-state index contributed by atoms with van der Waals surface area (Å²) in [6.45, 7) is 1.99. The number of rotatable bonds is 0. The van der Waals surface area contributed by atoms with Gasteiger partial charge in [-0.2, -0.15) is 5.10 Å². The molecular weight excluding hydrogens is 180 g/mol. The maximum Gasteiger partial charge on any atom is 0.204 e. The second-order valence-corrected chi connectivity index (χ2v) is 2.74. The van der Waals surface area contributed by atoms with Gasteiger partial charge in [0.15, 0.2) is 0 Å². The quantitative estimate of drug-likeness (QED) is 0.613. The van der Waals surface area contributed by atoms with Gasteiger partial charge in [-0.1, -0.05) is 0 Å². The summed E-state index contributed by atoms with van der Waals surface area (Å²) in [5.41, 5.74) is 6.34. The van der Waals surface area contributed by atoms with Crippen molar-refractivity contribution >= 4 is 17.3 Å². The van der Waals surface area contributed by atoms with Crippen LogP contribution in [0.1, 0.15) is 5.69 Å². The number of carbonyl (C=O) groups is 1. The first-order chi connectivity index (χ1) is 6.70. The van der Waals surface area contributed by atoms with Crippen molar-refractivity contribution in [1.82, 2.24) is 14.8 Å². The third kappa shape index (κ3) is 1.87. The number of amides is 1. The number of aromatic nitrogens is 3. The molecule has 0 unspecified atom stereocenters. The van der Waals surface area contributed by atoms with E-state index >= 15 is 0 Å². The van der Waals surface area contributed by atoms with Gasteiger partial charge in [0.2, 0.25) is 6.41 Å². The first-order valence-electron chi connectivity index (χ1n) is 4.09. The van der Waals surface area contributed by atoms with Crippen LogP contribution in [-0.2, 0) is 11.8 Å². The van der Waals surface area contributed by atoms with Crippen molar-refractivity contribution in [3.63, 3.8) is 0 Å². The van der Waals surface area contributed by atoms with Crippen LogP contribution in [0.5, 0.6) is 0 Å². The molecule has 0 aliphatic heterocycles. The Bertz CT molecular complexity index is 399. The Balaban J connectivity index is 0.000000293. The molecule has 0 saturated heterocycles. The van der Waals surface area contributed by atoms with Gasteiger partial charge in [0, 0.05) is 24.8 Å². The molecule has 2 N–H and O–H groups in total. The van der Waals surface area contributed by atoms with Gasteiger partial charge in [-0.3, -0.25) is 14.5 Å². The van der Waals surface area contributed by atoms with E-state index in [1.54, 1.807) is 6.20 Å². The molecule has 2 aromatic rings. The van der Waals surface area contributed by atoms with Crippen molar-refractivity contribution < 1.29 is 4.79 Å². The van der Waals surface area contributed by atoms with Crippen molar-refractivity contribution in [2.24, 2.45) is 12.8 Å². The van der Waals surface area contributed by atoms with E-state index in [9.17, 15) is 0 Å². The molecule has 5 heteroatoms. The number of primary amides is 1. The van der Waals surface area contributed by atoms with Crippen LogP contribution >= 0.6 is 0 Å². The summed E-state index contributed by atoms with van der Waals surface area (Å²) < 4.78 is 1.87. The Kier molecular flexibility index (Phi) is 3.17. The minimum atomic E-state index is 0.250. The molecule has 0 aromatic carbocycles. The molecule has 0 atom stereocenters. The standard InChI is InChI=1S/C8H9N3.CH3NO/c1-6-7-5-9-4-3-8(7)11(2)10-6;2-1-3/h3-5H,1-2H3;1H,(H2,2,3). The third-order valence-corrected chi connectivity index (χ3v) is 1.84. The Hall–Kier alpha value is -1.91. The summed E-state index contributed by atoms with van der Waals surface area (Å²) in [7, 11) is 1.94. The van der Waals surface area contributed by atoms with E-state index < -0.39 is 0 Å². The number of aryl methyl sites for hydroxylation is 2. The summed E-state index contributed by atoms with van der Waals surface area (Å²) in [5, 5.41) is 5.40. The largest absolute Gasteiger partial charge is 0.372 e. The summed E-state index contributed by atoms with van der Waals surface area (Å²) >= 11 is 0. The van der Waals surface area contributed by atoms with Crippen LogP contribution in [0.25, 0.3) is 10.9 Å². The zero-order valence-electron chi connectivity index (χ0n) is 8.14. The molecule has 74 valence electrons. The van der Waals surface area contributed by atoms with Crippen LogP contribution in [0.15, 0.2) is 18.5 Å². The van der Waals surface area contributed by atoms with E-state index in [2.05, 4.69) is 15.8 Å². The normalized spacial score (nSPS) is 9.29. The zero-order chi connectivity index (χ0) is 10.6. The highest BCUT2D eigenvalue weighted by Crippen LogP contribution is 2.14. The molecule has 2 heterocycles. The van der Waals surface area contributed by atoms with Gasteiger partial charge in [0.1, 0.15) is 0 Å². The number of hydrogen-bond acceptors (Lipinski definition) is 3. The van der Waals surface area contributed by atoms with Crippen LogP contribution in [0.2, 0.25) is 0 Å². The Morgan fingerprint density at radius 3 is 2.79 bits per heavy atom. The smallest absolute Gasteiger partial charge is 0.204 e. The second kappa shape index (κ2) is 4.36. The predicted molar refractivity (Wildman–Crippen MR) is 53.5 cm³/mol. The molecule has 2 rings (SSSR count). The number of fused-ring (bicyclic) bond motifs is 1. The van der Waals surface area contributed by atoms with Crippen LogP contribution in [0, 0.1) is 6.92 Å². The van der Waals surface area contributed by atoms with Crippen molar-refractivity contribution in [2.75, 3.05) is 0 Å². The average molecular weight is 192 g/mol. The minimum Gasteiger partial charge on any atom is -0.372 e. The molecular formula is C9H12N4O. The van der Waals surface area contributed by atoms with Crippen LogP contribution in [-0.4, -0.2) is 21.2 Å². The summed E-state index contributed by atoms with van der Waals surface area (Å²) in [4.78, 5) is 12.6.